The lowest BCUT2D eigenvalue weighted by Crippen LogP contribution is -2.30. The summed E-state index contributed by atoms with van der Waals surface area (Å²) in [5.41, 5.74) is -0.488. The van der Waals surface area contributed by atoms with Gasteiger partial charge < -0.3 is 10.2 Å². The maximum absolute atomic E-state index is 13.8. The van der Waals surface area contributed by atoms with E-state index in [-0.39, 0.29) is 57.7 Å². The Hall–Kier alpha value is -4.50. The minimum Gasteiger partial charge on any atom is -0.493 e. The highest BCUT2D eigenvalue weighted by atomic mass is 32.2. The highest BCUT2D eigenvalue weighted by molar-refractivity contribution is 7.93. The summed E-state index contributed by atoms with van der Waals surface area (Å²) < 4.78 is 29.8. The van der Waals surface area contributed by atoms with Gasteiger partial charge in [0.25, 0.3) is 15.6 Å². The van der Waals surface area contributed by atoms with Crippen LogP contribution in [0.1, 0.15) is 67.9 Å². The molecular weight excluding hydrogens is 558 g/mol. The molecule has 3 rings (SSSR count). The molecule has 0 fully saturated rings. The third-order valence-corrected chi connectivity index (χ3v) is 9.08. The molecule has 0 aliphatic carbocycles. The molecule has 0 saturated heterocycles. The Bertz CT molecular complexity index is 1670. The van der Waals surface area contributed by atoms with E-state index >= 15 is 0 Å². The van der Waals surface area contributed by atoms with Crippen LogP contribution in [0.15, 0.2) is 68.4 Å². The molecule has 0 spiro atoms. The molecular formula is C30H35N5O6S. The van der Waals surface area contributed by atoms with Crippen molar-refractivity contribution in [3.8, 4) is 11.9 Å². The lowest BCUT2D eigenvalue weighted by atomic mass is 9.99. The molecule has 0 bridgehead atoms. The van der Waals surface area contributed by atoms with E-state index < -0.39 is 27.4 Å². The summed E-state index contributed by atoms with van der Waals surface area (Å²) in [7, 11) is -4.19. The summed E-state index contributed by atoms with van der Waals surface area (Å²) in [6.45, 7) is 7.45. The summed E-state index contributed by atoms with van der Waals surface area (Å²) in [6.07, 6.45) is 3.57. The summed E-state index contributed by atoms with van der Waals surface area (Å²) in [5, 5.41) is 38.3. The zero-order valence-electron chi connectivity index (χ0n) is 24.1. The first-order chi connectivity index (χ1) is 20.0. The van der Waals surface area contributed by atoms with Crippen LogP contribution in [0.4, 0.5) is 17.1 Å². The van der Waals surface area contributed by atoms with Gasteiger partial charge in [-0.25, -0.2) is 13.2 Å². The van der Waals surface area contributed by atoms with Gasteiger partial charge in [-0.3, -0.25) is 13.7 Å². The van der Waals surface area contributed by atoms with Gasteiger partial charge in [-0.1, -0.05) is 45.2 Å². The van der Waals surface area contributed by atoms with Crippen LogP contribution in [-0.4, -0.2) is 35.7 Å². The van der Waals surface area contributed by atoms with Crippen molar-refractivity contribution < 1.29 is 23.4 Å². The number of azo groups is 1. The van der Waals surface area contributed by atoms with Gasteiger partial charge in [-0.05, 0) is 62.6 Å². The number of aromatic carboxylic acids is 1. The molecule has 1 aromatic heterocycles. The summed E-state index contributed by atoms with van der Waals surface area (Å²) in [4.78, 5) is 24.1. The van der Waals surface area contributed by atoms with Crippen LogP contribution < -0.4 is 9.86 Å². The number of carbonyl (C=O) groups is 1. The van der Waals surface area contributed by atoms with E-state index in [0.717, 1.165) is 34.6 Å². The Labute approximate surface area is 245 Å². The second-order valence-corrected chi connectivity index (χ2v) is 11.6. The number of aromatic nitrogens is 1. The molecule has 2 N–H and O–H groups in total. The Morgan fingerprint density at radius 3 is 2.33 bits per heavy atom. The lowest BCUT2D eigenvalue weighted by Gasteiger charge is -2.23. The molecule has 2 aromatic carbocycles. The summed E-state index contributed by atoms with van der Waals surface area (Å²) >= 11 is 0. The summed E-state index contributed by atoms with van der Waals surface area (Å²) in [6, 6.07) is 13.3. The molecule has 12 heteroatoms. The average molecular weight is 594 g/mol. The van der Waals surface area contributed by atoms with Crippen molar-refractivity contribution in [2.75, 3.05) is 10.8 Å². The second kappa shape index (κ2) is 13.9. The molecule has 0 radical (unpaired) electrons. The number of rotatable bonds is 13. The van der Waals surface area contributed by atoms with E-state index in [4.69, 9.17) is 0 Å². The SMILES string of the molecule is CCCCC(CC)Cn1c(O)c(/N=N/c2ccccc2S(=O)(=O)N(CC)c2ccc(C(=O)O)cc2)c(C)c(C#N)c1=O. The van der Waals surface area contributed by atoms with Gasteiger partial charge in [0.2, 0.25) is 5.88 Å². The lowest BCUT2D eigenvalue weighted by molar-refractivity contribution is 0.0697. The number of carboxylic acid groups (broad SMARTS) is 1. The first-order valence-electron chi connectivity index (χ1n) is 13.7. The molecule has 1 atom stereocenters. The monoisotopic (exact) mass is 593 g/mol. The van der Waals surface area contributed by atoms with Gasteiger partial charge in [-0.15, -0.1) is 10.2 Å². The van der Waals surface area contributed by atoms with Crippen LogP contribution in [0.5, 0.6) is 5.88 Å². The predicted octanol–water partition coefficient (Wildman–Crippen LogP) is 6.28. The van der Waals surface area contributed by atoms with Crippen LogP contribution in [0.2, 0.25) is 0 Å². The Morgan fingerprint density at radius 2 is 1.76 bits per heavy atom. The number of benzene rings is 2. The first kappa shape index (κ1) is 32.0. The topological polar surface area (TPSA) is 165 Å². The number of nitrogens with zero attached hydrogens (tertiary/aromatic N) is 5. The minimum atomic E-state index is -4.19. The van der Waals surface area contributed by atoms with Crippen molar-refractivity contribution in [3.63, 3.8) is 0 Å². The maximum Gasteiger partial charge on any atom is 0.335 e. The number of unbranched alkanes of at least 4 members (excludes halogenated alkanes) is 1. The molecule has 222 valence electrons. The van der Waals surface area contributed by atoms with E-state index in [1.165, 1.54) is 49.4 Å². The smallest absolute Gasteiger partial charge is 0.335 e. The Kier molecular flexibility index (Phi) is 10.6. The van der Waals surface area contributed by atoms with Gasteiger partial charge in [0.1, 0.15) is 22.2 Å². The van der Waals surface area contributed by atoms with E-state index in [2.05, 4.69) is 17.2 Å². The number of hydrogen-bond donors (Lipinski definition) is 2. The molecule has 42 heavy (non-hydrogen) atoms. The standard InChI is InChI=1S/C30H35N5O6S/c1-5-8-11-21(6-2)19-34-28(36)24(18-31)20(4)27(29(34)37)33-32-25-12-9-10-13-26(25)42(40,41)35(7-3)23-16-14-22(15-17-23)30(38)39/h9-10,12-17,21,37H,5-8,11,19H2,1-4H3,(H,38,39)/b33-32+. The highest BCUT2D eigenvalue weighted by Crippen LogP contribution is 2.35. The number of sulfonamides is 1. The average Bonchev–Trinajstić information content (AvgIpc) is 2.97. The Morgan fingerprint density at radius 1 is 1.10 bits per heavy atom. The number of aromatic hydroxyl groups is 1. The van der Waals surface area contributed by atoms with Crippen molar-refractivity contribution >= 4 is 33.1 Å². The van der Waals surface area contributed by atoms with Crippen molar-refractivity contribution in [2.45, 2.75) is 64.8 Å². The zero-order valence-corrected chi connectivity index (χ0v) is 24.9. The maximum atomic E-state index is 13.8. The third-order valence-electron chi connectivity index (χ3n) is 7.13. The largest absolute Gasteiger partial charge is 0.493 e. The fourth-order valence-corrected chi connectivity index (χ4v) is 6.24. The quantitative estimate of drug-likeness (QED) is 0.220. The van der Waals surface area contributed by atoms with E-state index in [1.54, 1.807) is 13.0 Å². The number of carboxylic acids is 1. The fraction of sp³-hybridized carbons (Fsp3) is 0.367. The predicted molar refractivity (Wildman–Crippen MR) is 159 cm³/mol. The van der Waals surface area contributed by atoms with Gasteiger partial charge >= 0.3 is 5.97 Å². The van der Waals surface area contributed by atoms with E-state index in [9.17, 15) is 33.5 Å². The van der Waals surface area contributed by atoms with Gasteiger partial charge in [0.15, 0.2) is 5.69 Å². The fourth-order valence-electron chi connectivity index (χ4n) is 4.64. The van der Waals surface area contributed by atoms with E-state index in [0.29, 0.717) is 0 Å². The van der Waals surface area contributed by atoms with Crippen molar-refractivity contribution in [3.05, 3.63) is 75.6 Å². The number of pyridine rings is 1. The second-order valence-electron chi connectivity index (χ2n) is 9.81. The van der Waals surface area contributed by atoms with Crippen LogP contribution in [0.25, 0.3) is 0 Å². The molecule has 0 aliphatic rings. The van der Waals surface area contributed by atoms with Crippen LogP contribution in [0, 0.1) is 24.2 Å². The number of nitriles is 1. The minimum absolute atomic E-state index is 0.0188. The van der Waals surface area contributed by atoms with Crippen LogP contribution in [-0.2, 0) is 16.6 Å². The third kappa shape index (κ3) is 6.69. The van der Waals surface area contributed by atoms with Crippen molar-refractivity contribution in [1.29, 1.82) is 5.26 Å². The van der Waals surface area contributed by atoms with Crippen molar-refractivity contribution in [2.24, 2.45) is 16.1 Å². The Balaban J connectivity index is 2.09. The molecule has 0 aliphatic heterocycles. The van der Waals surface area contributed by atoms with Crippen molar-refractivity contribution in [1.82, 2.24) is 4.57 Å². The van der Waals surface area contributed by atoms with Gasteiger partial charge in [-0.2, -0.15) is 5.26 Å². The highest BCUT2D eigenvalue weighted by Gasteiger charge is 2.27. The molecule has 11 nitrogen and oxygen atoms in total. The van der Waals surface area contributed by atoms with E-state index in [1.807, 2.05) is 13.0 Å². The first-order valence-corrected chi connectivity index (χ1v) is 15.2. The zero-order chi connectivity index (χ0) is 31.0. The normalized spacial score (nSPS) is 12.3. The van der Waals surface area contributed by atoms with Crippen LogP contribution in [0.3, 0.4) is 0 Å². The number of anilines is 1. The molecule has 3 aromatic rings. The molecule has 0 amide bonds. The number of hydrogen-bond acceptors (Lipinski definition) is 8. The van der Waals surface area contributed by atoms with Gasteiger partial charge in [0.05, 0.1) is 11.3 Å². The van der Waals surface area contributed by atoms with Gasteiger partial charge in [0, 0.05) is 18.7 Å². The summed E-state index contributed by atoms with van der Waals surface area (Å²) in [5.74, 6) is -1.47. The van der Waals surface area contributed by atoms with Crippen LogP contribution >= 0.6 is 0 Å². The molecule has 1 unspecified atom stereocenters. The molecule has 0 saturated carbocycles. The molecule has 1 heterocycles.